The molecule has 0 bridgehead atoms. The number of aryl methyl sites for hydroxylation is 1. The van der Waals surface area contributed by atoms with E-state index in [1.165, 1.54) is 6.20 Å². The number of piperidine rings is 1. The molecule has 39 heavy (non-hydrogen) atoms. The van der Waals surface area contributed by atoms with E-state index < -0.39 is 18.4 Å². The molecule has 11 nitrogen and oxygen atoms in total. The van der Waals surface area contributed by atoms with Gasteiger partial charge in [-0.25, -0.2) is 14.8 Å². The van der Waals surface area contributed by atoms with Gasteiger partial charge in [-0.05, 0) is 56.9 Å². The van der Waals surface area contributed by atoms with E-state index in [-0.39, 0.29) is 23.1 Å². The summed E-state index contributed by atoms with van der Waals surface area (Å²) in [5.74, 6) is -1.90. The maximum Gasteiger partial charge on any atom is 0.339 e. The van der Waals surface area contributed by atoms with E-state index in [9.17, 15) is 19.5 Å². The summed E-state index contributed by atoms with van der Waals surface area (Å²) in [4.78, 5) is 50.2. The molecule has 1 aliphatic heterocycles. The van der Waals surface area contributed by atoms with E-state index >= 15 is 0 Å². The maximum absolute atomic E-state index is 12.3. The Morgan fingerprint density at radius 3 is 2.41 bits per heavy atom. The number of nitrogens with one attached hydrogen (secondary N) is 1. The fourth-order valence-corrected chi connectivity index (χ4v) is 4.51. The topological polar surface area (TPSA) is 155 Å². The molecule has 3 aromatic rings. The molecule has 3 N–H and O–H groups in total. The highest BCUT2D eigenvalue weighted by atomic mass is 16.5. The van der Waals surface area contributed by atoms with Gasteiger partial charge in [0.2, 0.25) is 0 Å². The average Bonchev–Trinajstić information content (AvgIpc) is 2.94. The Hall–Kier alpha value is -4.54. The second-order valence-electron chi connectivity index (χ2n) is 9.33. The van der Waals surface area contributed by atoms with Crippen LogP contribution in [0.5, 0.6) is 5.75 Å². The Bertz CT molecular complexity index is 1340. The summed E-state index contributed by atoms with van der Waals surface area (Å²) in [6.45, 7) is 4.80. The number of aliphatic carboxylic acids is 1. The average molecular weight is 534 g/mol. The van der Waals surface area contributed by atoms with Gasteiger partial charge < -0.3 is 25.2 Å². The molecule has 3 heterocycles. The number of ether oxygens (including phenoxy) is 1. The number of aromatic hydroxyl groups is 1. The Balaban J connectivity index is 1.34. The summed E-state index contributed by atoms with van der Waals surface area (Å²) in [5.41, 5.74) is 3.32. The molecular weight excluding hydrogens is 502 g/mol. The smallest absolute Gasteiger partial charge is 0.339 e. The van der Waals surface area contributed by atoms with E-state index in [0.717, 1.165) is 42.9 Å². The summed E-state index contributed by atoms with van der Waals surface area (Å²) in [7, 11) is 0. The minimum absolute atomic E-state index is 0.207. The van der Waals surface area contributed by atoms with Crippen LogP contribution in [0, 0.1) is 12.8 Å². The van der Waals surface area contributed by atoms with Crippen molar-refractivity contribution in [2.75, 3.05) is 31.1 Å². The fraction of sp³-hybridized carbons (Fsp3) is 0.357. The van der Waals surface area contributed by atoms with Crippen LogP contribution in [0.15, 0.2) is 42.6 Å². The third-order valence-corrected chi connectivity index (χ3v) is 6.61. The van der Waals surface area contributed by atoms with Crippen LogP contribution in [0.25, 0.3) is 11.3 Å². The Morgan fingerprint density at radius 2 is 1.79 bits per heavy atom. The highest BCUT2D eigenvalue weighted by Gasteiger charge is 2.23. The van der Waals surface area contributed by atoms with Crippen molar-refractivity contribution in [3.05, 3.63) is 65.4 Å². The molecule has 2 aromatic heterocycles. The number of benzene rings is 1. The summed E-state index contributed by atoms with van der Waals surface area (Å²) in [6.07, 6.45) is 3.89. The number of hydrogen-bond acceptors (Lipinski definition) is 9. The predicted octanol–water partition coefficient (Wildman–Crippen LogP) is 3.00. The van der Waals surface area contributed by atoms with Crippen molar-refractivity contribution in [1.29, 1.82) is 0 Å². The number of hydrogen-bond donors (Lipinski definition) is 3. The van der Waals surface area contributed by atoms with Gasteiger partial charge in [0.25, 0.3) is 5.91 Å². The minimum atomic E-state index is -1.18. The van der Waals surface area contributed by atoms with E-state index in [2.05, 4.69) is 37.3 Å². The van der Waals surface area contributed by atoms with Crippen LogP contribution in [-0.4, -0.2) is 69.3 Å². The first-order chi connectivity index (χ1) is 18.7. The predicted molar refractivity (Wildman–Crippen MR) is 143 cm³/mol. The lowest BCUT2D eigenvalue weighted by atomic mass is 9.92. The highest BCUT2D eigenvalue weighted by Crippen LogP contribution is 2.28. The molecule has 4 rings (SSSR count). The number of anilines is 1. The maximum atomic E-state index is 12.3. The zero-order chi connectivity index (χ0) is 27.9. The highest BCUT2D eigenvalue weighted by molar-refractivity contribution is 5.96. The second-order valence-corrected chi connectivity index (χ2v) is 9.33. The molecule has 0 atom stereocenters. The first-order valence-electron chi connectivity index (χ1n) is 12.8. The van der Waals surface area contributed by atoms with Gasteiger partial charge in [0.1, 0.15) is 12.4 Å². The van der Waals surface area contributed by atoms with Crippen molar-refractivity contribution in [3.63, 3.8) is 0 Å². The van der Waals surface area contributed by atoms with Crippen LogP contribution < -0.4 is 10.2 Å². The summed E-state index contributed by atoms with van der Waals surface area (Å²) in [6, 6.07) is 11.7. The number of rotatable bonds is 9. The Morgan fingerprint density at radius 1 is 1.08 bits per heavy atom. The molecule has 0 saturated carbocycles. The van der Waals surface area contributed by atoms with Crippen LogP contribution in [-0.2, 0) is 16.0 Å². The van der Waals surface area contributed by atoms with Crippen molar-refractivity contribution in [1.82, 2.24) is 20.3 Å². The largest absolute Gasteiger partial charge is 0.504 e. The standard InChI is InChI=1S/C28H31N5O6/c1-3-39-28(38)20-6-9-22(29-15-20)19-4-7-21(8-5-19)33-12-10-18(11-13-33)14-23-31-17(2)26(36)25(32-23)27(37)30-16-24(34)35/h4-9,15,18,36H,3,10-14,16H2,1-2H3,(H,30,37)(H,34,35). The van der Waals surface area contributed by atoms with Crippen LogP contribution >= 0.6 is 0 Å². The first kappa shape index (κ1) is 27.5. The molecule has 0 aliphatic carbocycles. The monoisotopic (exact) mass is 533 g/mol. The third-order valence-electron chi connectivity index (χ3n) is 6.61. The molecule has 0 radical (unpaired) electrons. The molecule has 204 valence electrons. The lowest BCUT2D eigenvalue weighted by Crippen LogP contribution is -2.34. The van der Waals surface area contributed by atoms with E-state index in [1.54, 1.807) is 26.0 Å². The van der Waals surface area contributed by atoms with Gasteiger partial charge in [-0.2, -0.15) is 0 Å². The van der Waals surface area contributed by atoms with Crippen LogP contribution in [0.4, 0.5) is 5.69 Å². The Kier molecular flexibility index (Phi) is 8.70. The molecular formula is C28H31N5O6. The molecule has 1 aromatic carbocycles. The summed E-state index contributed by atoms with van der Waals surface area (Å²) < 4.78 is 5.00. The number of nitrogens with zero attached hydrogens (tertiary/aromatic N) is 4. The van der Waals surface area contributed by atoms with Crippen LogP contribution in [0.1, 0.15) is 52.1 Å². The normalized spacial score (nSPS) is 13.6. The lowest BCUT2D eigenvalue weighted by Gasteiger charge is -2.33. The van der Waals surface area contributed by atoms with Gasteiger partial charge in [0.05, 0.1) is 23.6 Å². The Labute approximate surface area is 225 Å². The number of esters is 1. The van der Waals surface area contributed by atoms with E-state index in [1.807, 2.05) is 12.1 Å². The first-order valence-corrected chi connectivity index (χ1v) is 12.8. The van der Waals surface area contributed by atoms with Crippen molar-refractivity contribution in [2.45, 2.75) is 33.1 Å². The second kappa shape index (κ2) is 12.3. The van der Waals surface area contributed by atoms with Crippen LogP contribution in [0.2, 0.25) is 0 Å². The molecule has 1 amide bonds. The molecule has 11 heteroatoms. The van der Waals surface area contributed by atoms with Crippen LogP contribution in [0.3, 0.4) is 0 Å². The van der Waals surface area contributed by atoms with E-state index in [0.29, 0.717) is 30.3 Å². The summed E-state index contributed by atoms with van der Waals surface area (Å²) in [5, 5.41) is 21.2. The quantitative estimate of drug-likeness (QED) is 0.350. The number of carbonyl (C=O) groups is 3. The van der Waals surface area contributed by atoms with Crippen molar-refractivity contribution >= 4 is 23.5 Å². The van der Waals surface area contributed by atoms with Crippen molar-refractivity contribution < 1.29 is 29.3 Å². The number of carbonyl (C=O) groups excluding carboxylic acids is 2. The third kappa shape index (κ3) is 6.86. The number of amides is 1. The number of carboxylic acids is 1. The summed E-state index contributed by atoms with van der Waals surface area (Å²) >= 11 is 0. The zero-order valence-corrected chi connectivity index (χ0v) is 21.9. The van der Waals surface area contributed by atoms with E-state index in [4.69, 9.17) is 9.84 Å². The zero-order valence-electron chi connectivity index (χ0n) is 21.9. The van der Waals surface area contributed by atoms with Gasteiger partial charge in [0.15, 0.2) is 11.4 Å². The molecule has 1 aliphatic rings. The minimum Gasteiger partial charge on any atom is -0.504 e. The van der Waals surface area contributed by atoms with Gasteiger partial charge in [-0.1, -0.05) is 12.1 Å². The molecule has 1 fully saturated rings. The molecule has 1 saturated heterocycles. The lowest BCUT2D eigenvalue weighted by molar-refractivity contribution is -0.135. The molecule has 0 unspecified atom stereocenters. The van der Waals surface area contributed by atoms with Gasteiger partial charge >= 0.3 is 11.9 Å². The van der Waals surface area contributed by atoms with Crippen molar-refractivity contribution in [3.8, 4) is 17.0 Å². The van der Waals surface area contributed by atoms with Gasteiger partial charge in [0, 0.05) is 37.0 Å². The molecule has 0 spiro atoms. The number of carboxylic acid groups (broad SMARTS) is 1. The number of aromatic nitrogens is 3. The number of pyridine rings is 1. The van der Waals surface area contributed by atoms with Gasteiger partial charge in [-0.15, -0.1) is 0 Å². The fourth-order valence-electron chi connectivity index (χ4n) is 4.51. The SMILES string of the molecule is CCOC(=O)c1ccc(-c2ccc(N3CCC(Cc4nc(C)c(O)c(C(=O)NCC(=O)O)n4)CC3)cc2)nc1. The van der Waals surface area contributed by atoms with Gasteiger partial charge in [-0.3, -0.25) is 14.6 Å². The van der Waals surface area contributed by atoms with Crippen molar-refractivity contribution in [2.24, 2.45) is 5.92 Å².